The van der Waals surface area contributed by atoms with Gasteiger partial charge in [0.15, 0.2) is 0 Å². The number of rotatable bonds is 8. The molecule has 0 saturated carbocycles. The van der Waals surface area contributed by atoms with Gasteiger partial charge in [-0.05, 0) is 50.3 Å². The summed E-state index contributed by atoms with van der Waals surface area (Å²) in [5, 5.41) is 3.05. The molecule has 172 valence electrons. The van der Waals surface area contributed by atoms with Crippen LogP contribution in [0.2, 0.25) is 0 Å². The third kappa shape index (κ3) is 5.91. The van der Waals surface area contributed by atoms with Crippen LogP contribution >= 0.6 is 0 Å². The summed E-state index contributed by atoms with van der Waals surface area (Å²) in [5.74, 6) is 2.20. The SMILES string of the molecule is COc1ccc(C2CCCN2C(=O)CN2CCCC(CNC(=O)C(C)C)C2)c(OC)c1. The number of methoxy groups -OCH3 is 2. The predicted octanol–water partition coefficient (Wildman–Crippen LogP) is 2.85. The Morgan fingerprint density at radius 1 is 1.13 bits per heavy atom. The molecule has 0 spiro atoms. The van der Waals surface area contributed by atoms with E-state index in [4.69, 9.17) is 9.47 Å². The summed E-state index contributed by atoms with van der Waals surface area (Å²) in [5.41, 5.74) is 1.04. The number of carbonyl (C=O) groups is 2. The zero-order valence-electron chi connectivity index (χ0n) is 19.4. The van der Waals surface area contributed by atoms with Crippen molar-refractivity contribution < 1.29 is 19.1 Å². The number of hydrogen-bond acceptors (Lipinski definition) is 5. The fourth-order valence-electron chi connectivity index (χ4n) is 4.67. The van der Waals surface area contributed by atoms with Gasteiger partial charge < -0.3 is 19.7 Å². The first-order chi connectivity index (χ1) is 14.9. The number of piperidine rings is 1. The lowest BCUT2D eigenvalue weighted by molar-refractivity contribution is -0.134. The average Bonchev–Trinajstić information content (AvgIpc) is 3.27. The van der Waals surface area contributed by atoms with Crippen LogP contribution in [0, 0.1) is 11.8 Å². The number of carbonyl (C=O) groups excluding carboxylic acids is 2. The Hall–Kier alpha value is -2.28. The second-order valence-corrected chi connectivity index (χ2v) is 9.00. The highest BCUT2D eigenvalue weighted by molar-refractivity contribution is 5.79. The zero-order valence-corrected chi connectivity index (χ0v) is 19.4. The van der Waals surface area contributed by atoms with E-state index < -0.39 is 0 Å². The summed E-state index contributed by atoms with van der Waals surface area (Å²) in [7, 11) is 3.30. The van der Waals surface area contributed by atoms with Gasteiger partial charge >= 0.3 is 0 Å². The number of hydrogen-bond donors (Lipinski definition) is 1. The Bertz CT molecular complexity index is 767. The van der Waals surface area contributed by atoms with Crippen LogP contribution in [-0.2, 0) is 9.59 Å². The minimum absolute atomic E-state index is 0.00307. The van der Waals surface area contributed by atoms with Crippen molar-refractivity contribution in [3.05, 3.63) is 23.8 Å². The second-order valence-electron chi connectivity index (χ2n) is 9.00. The molecule has 2 amide bonds. The molecule has 0 aliphatic carbocycles. The lowest BCUT2D eigenvalue weighted by atomic mass is 9.97. The molecule has 3 rings (SSSR count). The van der Waals surface area contributed by atoms with E-state index in [0.717, 1.165) is 62.4 Å². The number of amides is 2. The maximum absolute atomic E-state index is 13.2. The molecule has 2 aliphatic heterocycles. The first-order valence-corrected chi connectivity index (χ1v) is 11.4. The molecule has 0 bridgehead atoms. The number of likely N-dealkylation sites (tertiary alicyclic amines) is 2. The number of ether oxygens (including phenoxy) is 2. The molecule has 1 aromatic carbocycles. The van der Waals surface area contributed by atoms with Crippen molar-refractivity contribution in [2.75, 3.05) is 46.9 Å². The Balaban J connectivity index is 1.60. The molecule has 1 aromatic rings. The summed E-state index contributed by atoms with van der Waals surface area (Å²) in [6.07, 6.45) is 4.09. The third-order valence-corrected chi connectivity index (χ3v) is 6.42. The smallest absolute Gasteiger partial charge is 0.237 e. The molecule has 1 N–H and O–H groups in total. The lowest BCUT2D eigenvalue weighted by Crippen LogP contribution is -2.46. The minimum atomic E-state index is 0.00307. The van der Waals surface area contributed by atoms with Crippen molar-refractivity contribution in [2.45, 2.75) is 45.6 Å². The van der Waals surface area contributed by atoms with Crippen LogP contribution in [0.15, 0.2) is 18.2 Å². The van der Waals surface area contributed by atoms with Gasteiger partial charge in [-0.15, -0.1) is 0 Å². The molecule has 7 heteroatoms. The second kappa shape index (κ2) is 10.8. The highest BCUT2D eigenvalue weighted by Crippen LogP contribution is 2.38. The van der Waals surface area contributed by atoms with Gasteiger partial charge in [0.25, 0.3) is 0 Å². The molecule has 2 unspecified atom stereocenters. The van der Waals surface area contributed by atoms with Gasteiger partial charge in [0, 0.05) is 37.2 Å². The minimum Gasteiger partial charge on any atom is -0.497 e. The van der Waals surface area contributed by atoms with Crippen molar-refractivity contribution in [1.82, 2.24) is 15.1 Å². The third-order valence-electron chi connectivity index (χ3n) is 6.42. The van der Waals surface area contributed by atoms with E-state index in [0.29, 0.717) is 19.0 Å². The molecule has 2 aliphatic rings. The Morgan fingerprint density at radius 2 is 1.90 bits per heavy atom. The van der Waals surface area contributed by atoms with Crippen LogP contribution in [0.25, 0.3) is 0 Å². The summed E-state index contributed by atoms with van der Waals surface area (Å²) in [6, 6.07) is 5.87. The highest BCUT2D eigenvalue weighted by Gasteiger charge is 2.33. The van der Waals surface area contributed by atoms with E-state index >= 15 is 0 Å². The fourth-order valence-corrected chi connectivity index (χ4v) is 4.67. The van der Waals surface area contributed by atoms with E-state index in [9.17, 15) is 9.59 Å². The van der Waals surface area contributed by atoms with Gasteiger partial charge in [-0.3, -0.25) is 14.5 Å². The van der Waals surface area contributed by atoms with Gasteiger partial charge in [0.1, 0.15) is 11.5 Å². The molecule has 2 fully saturated rings. The van der Waals surface area contributed by atoms with Crippen molar-refractivity contribution in [2.24, 2.45) is 11.8 Å². The van der Waals surface area contributed by atoms with Crippen molar-refractivity contribution >= 4 is 11.8 Å². The standard InChI is InChI=1S/C24H37N3O4/c1-17(2)24(29)25-14-18-7-5-11-26(15-18)16-23(28)27-12-6-8-21(27)20-10-9-19(30-3)13-22(20)31-4/h9-10,13,17-18,21H,5-8,11-12,14-16H2,1-4H3,(H,25,29). The van der Waals surface area contributed by atoms with Crippen LogP contribution in [0.1, 0.15) is 51.1 Å². The van der Waals surface area contributed by atoms with Gasteiger partial charge in [0.2, 0.25) is 11.8 Å². The Labute approximate surface area is 186 Å². The molecule has 2 atom stereocenters. The maximum Gasteiger partial charge on any atom is 0.237 e. The molecule has 31 heavy (non-hydrogen) atoms. The Kier molecular flexibility index (Phi) is 8.18. The van der Waals surface area contributed by atoms with Gasteiger partial charge in [-0.2, -0.15) is 0 Å². The van der Waals surface area contributed by atoms with E-state index in [2.05, 4.69) is 10.2 Å². The molecule has 0 radical (unpaired) electrons. The van der Waals surface area contributed by atoms with E-state index in [1.807, 2.05) is 36.9 Å². The van der Waals surface area contributed by atoms with Crippen molar-refractivity contribution in [3.8, 4) is 11.5 Å². The fraction of sp³-hybridized carbons (Fsp3) is 0.667. The number of nitrogens with zero attached hydrogens (tertiary/aromatic N) is 2. The quantitative estimate of drug-likeness (QED) is 0.685. The summed E-state index contributed by atoms with van der Waals surface area (Å²) in [4.78, 5) is 29.4. The van der Waals surface area contributed by atoms with Crippen LogP contribution < -0.4 is 14.8 Å². The maximum atomic E-state index is 13.2. The molecule has 2 saturated heterocycles. The van der Waals surface area contributed by atoms with Gasteiger partial charge in [0.05, 0.1) is 26.8 Å². The largest absolute Gasteiger partial charge is 0.497 e. The lowest BCUT2D eigenvalue weighted by Gasteiger charge is -2.34. The first-order valence-electron chi connectivity index (χ1n) is 11.4. The normalized spacial score (nSPS) is 21.9. The molecule has 2 heterocycles. The summed E-state index contributed by atoms with van der Waals surface area (Å²) >= 11 is 0. The highest BCUT2D eigenvalue weighted by atomic mass is 16.5. The van der Waals surface area contributed by atoms with E-state index in [-0.39, 0.29) is 23.8 Å². The first kappa shape index (κ1) is 23.4. The Morgan fingerprint density at radius 3 is 2.61 bits per heavy atom. The van der Waals surface area contributed by atoms with Gasteiger partial charge in [-0.1, -0.05) is 13.8 Å². The molecular formula is C24H37N3O4. The summed E-state index contributed by atoms with van der Waals surface area (Å²) in [6.45, 7) is 7.51. The predicted molar refractivity (Wildman–Crippen MR) is 120 cm³/mol. The van der Waals surface area contributed by atoms with E-state index in [1.54, 1.807) is 14.2 Å². The van der Waals surface area contributed by atoms with E-state index in [1.165, 1.54) is 0 Å². The van der Waals surface area contributed by atoms with Gasteiger partial charge in [-0.25, -0.2) is 0 Å². The molecule has 7 nitrogen and oxygen atoms in total. The molecule has 0 aromatic heterocycles. The molecular weight excluding hydrogens is 394 g/mol. The number of benzene rings is 1. The van der Waals surface area contributed by atoms with Crippen LogP contribution in [-0.4, -0.2) is 68.6 Å². The van der Waals surface area contributed by atoms with Crippen molar-refractivity contribution in [3.63, 3.8) is 0 Å². The zero-order chi connectivity index (χ0) is 22.4. The van der Waals surface area contributed by atoms with Crippen LogP contribution in [0.3, 0.4) is 0 Å². The van der Waals surface area contributed by atoms with Crippen molar-refractivity contribution in [1.29, 1.82) is 0 Å². The topological polar surface area (TPSA) is 71.1 Å². The monoisotopic (exact) mass is 431 g/mol. The summed E-state index contributed by atoms with van der Waals surface area (Å²) < 4.78 is 10.9. The van der Waals surface area contributed by atoms with Crippen LogP contribution in [0.4, 0.5) is 0 Å². The number of nitrogens with one attached hydrogen (secondary N) is 1. The van der Waals surface area contributed by atoms with Crippen LogP contribution in [0.5, 0.6) is 11.5 Å². The average molecular weight is 432 g/mol.